The van der Waals surface area contributed by atoms with Crippen LogP contribution in [0.5, 0.6) is 5.75 Å². The van der Waals surface area contributed by atoms with Crippen molar-refractivity contribution < 1.29 is 14.3 Å². The average Bonchev–Trinajstić information content (AvgIpc) is 3.23. The molecular formula is C22H23N3O4. The summed E-state index contributed by atoms with van der Waals surface area (Å²) in [5, 5.41) is 3.31. The lowest BCUT2D eigenvalue weighted by molar-refractivity contribution is -0.116. The van der Waals surface area contributed by atoms with Crippen LogP contribution in [0.25, 0.3) is 10.9 Å². The van der Waals surface area contributed by atoms with Gasteiger partial charge in [-0.15, -0.1) is 0 Å². The van der Waals surface area contributed by atoms with Gasteiger partial charge in [0.15, 0.2) is 0 Å². The van der Waals surface area contributed by atoms with Crippen LogP contribution in [-0.2, 0) is 16.1 Å². The van der Waals surface area contributed by atoms with Crippen LogP contribution in [0, 0.1) is 6.92 Å². The summed E-state index contributed by atoms with van der Waals surface area (Å²) >= 11 is 0. The monoisotopic (exact) mass is 393 g/mol. The van der Waals surface area contributed by atoms with Gasteiger partial charge in [0, 0.05) is 18.4 Å². The van der Waals surface area contributed by atoms with Crippen LogP contribution < -0.4 is 15.6 Å². The van der Waals surface area contributed by atoms with Crippen LogP contribution in [0.2, 0.25) is 0 Å². The molecule has 0 spiro atoms. The Hall–Kier alpha value is -3.19. The van der Waals surface area contributed by atoms with Crippen LogP contribution >= 0.6 is 0 Å². The van der Waals surface area contributed by atoms with Crippen molar-refractivity contribution in [2.75, 3.05) is 18.5 Å². The summed E-state index contributed by atoms with van der Waals surface area (Å²) in [6.07, 6.45) is 3.61. The van der Waals surface area contributed by atoms with Gasteiger partial charge in [-0.2, -0.15) is 0 Å². The van der Waals surface area contributed by atoms with Gasteiger partial charge in [0.25, 0.3) is 5.56 Å². The maximum absolute atomic E-state index is 12.6. The fourth-order valence-electron chi connectivity index (χ4n) is 3.43. The lowest BCUT2D eigenvalue weighted by Crippen LogP contribution is -2.28. The molecule has 2 aromatic carbocycles. The summed E-state index contributed by atoms with van der Waals surface area (Å²) in [5.41, 5.74) is 1.96. The third-order valence-electron chi connectivity index (χ3n) is 4.95. The summed E-state index contributed by atoms with van der Waals surface area (Å²) in [7, 11) is 0. The van der Waals surface area contributed by atoms with E-state index in [2.05, 4.69) is 10.3 Å². The number of aromatic nitrogens is 2. The smallest absolute Gasteiger partial charge is 0.261 e. The summed E-state index contributed by atoms with van der Waals surface area (Å²) in [5.74, 6) is 0.357. The Morgan fingerprint density at radius 1 is 1.31 bits per heavy atom. The van der Waals surface area contributed by atoms with Gasteiger partial charge in [-0.25, -0.2) is 4.98 Å². The van der Waals surface area contributed by atoms with Crippen LogP contribution in [0.15, 0.2) is 53.6 Å². The number of rotatable bonds is 6. The molecule has 1 aliphatic heterocycles. The van der Waals surface area contributed by atoms with Crippen molar-refractivity contribution in [3.8, 4) is 5.75 Å². The Balaban J connectivity index is 1.42. The van der Waals surface area contributed by atoms with Crippen LogP contribution in [-0.4, -0.2) is 34.8 Å². The number of anilines is 1. The van der Waals surface area contributed by atoms with E-state index < -0.39 is 0 Å². The molecule has 4 rings (SSSR count). The van der Waals surface area contributed by atoms with E-state index in [9.17, 15) is 9.59 Å². The van der Waals surface area contributed by atoms with Gasteiger partial charge in [-0.1, -0.05) is 18.2 Å². The van der Waals surface area contributed by atoms with E-state index in [1.807, 2.05) is 31.2 Å². The van der Waals surface area contributed by atoms with Crippen molar-refractivity contribution >= 4 is 22.5 Å². The molecule has 0 aliphatic carbocycles. The Bertz CT molecular complexity index is 1090. The van der Waals surface area contributed by atoms with E-state index in [0.29, 0.717) is 28.9 Å². The third kappa shape index (κ3) is 4.46. The van der Waals surface area contributed by atoms with Crippen LogP contribution in [0.3, 0.4) is 0 Å². The van der Waals surface area contributed by atoms with Crippen LogP contribution in [0.4, 0.5) is 5.69 Å². The maximum Gasteiger partial charge on any atom is 0.261 e. The molecule has 1 atom stereocenters. The number of hydrogen-bond acceptors (Lipinski definition) is 5. The highest BCUT2D eigenvalue weighted by Gasteiger charge is 2.16. The normalized spacial score (nSPS) is 16.1. The number of para-hydroxylation sites is 1. The number of nitrogens with one attached hydrogen (secondary N) is 1. The van der Waals surface area contributed by atoms with E-state index in [4.69, 9.17) is 9.47 Å². The molecule has 7 heteroatoms. The minimum absolute atomic E-state index is 0.114. The largest absolute Gasteiger partial charge is 0.491 e. The fraction of sp³-hybridized carbons (Fsp3) is 0.318. The number of hydrogen-bond donors (Lipinski definition) is 1. The standard InChI is InChI=1S/C22H23N3O4/c1-15-5-2-9-19-21(15)23-14-25(22(19)27)12-20(26)24-16-6-3-7-17(11-16)29-13-18-8-4-10-28-18/h2-3,5-7,9,11,14,18H,4,8,10,12-13H2,1H3,(H,24,26)/t18-/m1/s1. The first-order valence-electron chi connectivity index (χ1n) is 9.69. The van der Waals surface area contributed by atoms with Crippen molar-refractivity contribution in [3.05, 3.63) is 64.7 Å². The minimum Gasteiger partial charge on any atom is -0.491 e. The second kappa shape index (κ2) is 8.45. The lowest BCUT2D eigenvalue weighted by Gasteiger charge is -2.13. The SMILES string of the molecule is Cc1cccc2c(=O)n(CC(=O)Nc3cccc(OC[C@H]4CCCO4)c3)cnc12. The molecule has 150 valence electrons. The number of nitrogens with zero attached hydrogens (tertiary/aromatic N) is 2. The van der Waals surface area contributed by atoms with E-state index >= 15 is 0 Å². The van der Waals surface area contributed by atoms with Crippen molar-refractivity contribution in [2.45, 2.75) is 32.4 Å². The fourth-order valence-corrected chi connectivity index (χ4v) is 3.43. The second-order valence-corrected chi connectivity index (χ2v) is 7.17. The average molecular weight is 393 g/mol. The van der Waals surface area contributed by atoms with Crippen molar-refractivity contribution in [1.29, 1.82) is 0 Å². The highest BCUT2D eigenvalue weighted by molar-refractivity contribution is 5.91. The van der Waals surface area contributed by atoms with Gasteiger partial charge in [0.05, 0.1) is 23.3 Å². The van der Waals surface area contributed by atoms with Gasteiger partial charge < -0.3 is 14.8 Å². The lowest BCUT2D eigenvalue weighted by atomic mass is 10.1. The first-order valence-corrected chi connectivity index (χ1v) is 9.69. The molecule has 1 N–H and O–H groups in total. The Kier molecular flexibility index (Phi) is 5.57. The first-order chi connectivity index (χ1) is 14.1. The molecule has 0 radical (unpaired) electrons. The zero-order valence-electron chi connectivity index (χ0n) is 16.3. The molecular weight excluding hydrogens is 370 g/mol. The Labute approximate surface area is 168 Å². The quantitative estimate of drug-likeness (QED) is 0.696. The molecule has 7 nitrogen and oxygen atoms in total. The van der Waals surface area contributed by atoms with Gasteiger partial charge >= 0.3 is 0 Å². The number of ether oxygens (including phenoxy) is 2. The van der Waals surface area contributed by atoms with Gasteiger partial charge in [-0.3, -0.25) is 14.2 Å². The summed E-state index contributed by atoms with van der Waals surface area (Å²) < 4.78 is 12.6. The van der Waals surface area contributed by atoms with E-state index in [0.717, 1.165) is 25.0 Å². The zero-order chi connectivity index (χ0) is 20.2. The van der Waals surface area contributed by atoms with Gasteiger partial charge in [0.1, 0.15) is 18.9 Å². The second-order valence-electron chi connectivity index (χ2n) is 7.17. The highest BCUT2D eigenvalue weighted by atomic mass is 16.5. The molecule has 3 aromatic rings. The molecule has 0 bridgehead atoms. The molecule has 1 fully saturated rings. The van der Waals surface area contributed by atoms with Crippen molar-refractivity contribution in [2.24, 2.45) is 0 Å². The first kappa shape index (κ1) is 19.1. The number of carbonyl (C=O) groups excluding carboxylic acids is 1. The summed E-state index contributed by atoms with van der Waals surface area (Å²) in [4.78, 5) is 29.4. The summed E-state index contributed by atoms with van der Waals surface area (Å²) in [6.45, 7) is 3.07. The minimum atomic E-state index is -0.308. The topological polar surface area (TPSA) is 82.5 Å². The number of benzene rings is 2. The molecule has 1 amide bonds. The van der Waals surface area contributed by atoms with E-state index in [1.165, 1.54) is 10.9 Å². The molecule has 0 unspecified atom stereocenters. The van der Waals surface area contributed by atoms with Gasteiger partial charge in [0.2, 0.25) is 5.91 Å². The molecule has 0 saturated carbocycles. The number of fused-ring (bicyclic) bond motifs is 1. The third-order valence-corrected chi connectivity index (χ3v) is 4.95. The zero-order valence-corrected chi connectivity index (χ0v) is 16.3. The predicted octanol–water partition coefficient (Wildman–Crippen LogP) is 2.90. The summed E-state index contributed by atoms with van der Waals surface area (Å²) in [6, 6.07) is 12.6. The van der Waals surface area contributed by atoms with E-state index in [1.54, 1.807) is 18.2 Å². The molecule has 29 heavy (non-hydrogen) atoms. The molecule has 1 aliphatic rings. The predicted molar refractivity (Wildman–Crippen MR) is 110 cm³/mol. The molecule has 1 saturated heterocycles. The number of carbonyl (C=O) groups is 1. The highest BCUT2D eigenvalue weighted by Crippen LogP contribution is 2.20. The Morgan fingerprint density at radius 3 is 3.00 bits per heavy atom. The molecule has 2 heterocycles. The van der Waals surface area contributed by atoms with Gasteiger partial charge in [-0.05, 0) is 43.5 Å². The molecule has 1 aromatic heterocycles. The van der Waals surface area contributed by atoms with Crippen molar-refractivity contribution in [1.82, 2.24) is 9.55 Å². The van der Waals surface area contributed by atoms with Crippen LogP contribution in [0.1, 0.15) is 18.4 Å². The maximum atomic E-state index is 12.6. The Morgan fingerprint density at radius 2 is 2.17 bits per heavy atom. The number of aryl methyl sites for hydroxylation is 1. The number of amides is 1. The van der Waals surface area contributed by atoms with E-state index in [-0.39, 0.29) is 24.1 Å². The van der Waals surface area contributed by atoms with Crippen molar-refractivity contribution in [3.63, 3.8) is 0 Å².